The number of hydrogen-bond acceptors (Lipinski definition) is 4. The molecule has 0 spiro atoms. The van der Waals surface area contributed by atoms with Crippen LogP contribution in [0.2, 0.25) is 0 Å². The van der Waals surface area contributed by atoms with E-state index in [1.807, 2.05) is 6.07 Å². The van der Waals surface area contributed by atoms with Gasteiger partial charge in [0.2, 0.25) is 5.82 Å². The summed E-state index contributed by atoms with van der Waals surface area (Å²) in [6.07, 6.45) is 4.73. The highest BCUT2D eigenvalue weighted by molar-refractivity contribution is 5.59. The third kappa shape index (κ3) is 3.04. The van der Waals surface area contributed by atoms with Crippen LogP contribution in [-0.2, 0) is 0 Å². The van der Waals surface area contributed by atoms with Gasteiger partial charge in [-0.3, -0.25) is 10.1 Å². The minimum absolute atomic E-state index is 0.0994. The Balaban J connectivity index is 1.96. The molecule has 2 heterocycles. The Morgan fingerprint density at radius 3 is 2.78 bits per heavy atom. The number of anilines is 1. The minimum atomic E-state index is -0.332. The first-order valence-corrected chi connectivity index (χ1v) is 8.13. The van der Waals surface area contributed by atoms with Crippen LogP contribution in [0.25, 0.3) is 0 Å². The van der Waals surface area contributed by atoms with Crippen LogP contribution in [0.15, 0.2) is 48.7 Å². The molecule has 1 saturated heterocycles. The molecule has 0 amide bonds. The van der Waals surface area contributed by atoms with Gasteiger partial charge in [0.05, 0.1) is 4.92 Å². The Bertz CT molecular complexity index is 675. The lowest BCUT2D eigenvalue weighted by Crippen LogP contribution is -2.35. The molecule has 0 saturated carbocycles. The zero-order valence-corrected chi connectivity index (χ0v) is 13.3. The molecule has 23 heavy (non-hydrogen) atoms. The molecule has 0 radical (unpaired) electrons. The van der Waals surface area contributed by atoms with E-state index in [2.05, 4.69) is 41.1 Å². The largest absolute Gasteiger partial charge is 0.347 e. The molecule has 1 aromatic heterocycles. The molecule has 5 heteroatoms. The summed E-state index contributed by atoms with van der Waals surface area (Å²) < 4.78 is 0. The summed E-state index contributed by atoms with van der Waals surface area (Å²) in [6.45, 7) is 3.01. The fraction of sp³-hybridized carbons (Fsp3) is 0.389. The average Bonchev–Trinajstić information content (AvgIpc) is 3.06. The zero-order chi connectivity index (χ0) is 16.2. The highest BCUT2D eigenvalue weighted by Gasteiger charge is 2.35. The van der Waals surface area contributed by atoms with Crippen molar-refractivity contribution in [1.29, 1.82) is 0 Å². The van der Waals surface area contributed by atoms with Gasteiger partial charge in [-0.2, -0.15) is 0 Å². The highest BCUT2D eigenvalue weighted by Crippen LogP contribution is 2.38. The molecule has 2 atom stereocenters. The Kier molecular flexibility index (Phi) is 4.55. The number of rotatable bonds is 5. The smallest absolute Gasteiger partial charge is 0.311 e. The van der Waals surface area contributed by atoms with Crippen molar-refractivity contribution in [3.05, 3.63) is 64.3 Å². The zero-order valence-electron chi connectivity index (χ0n) is 13.3. The van der Waals surface area contributed by atoms with Crippen molar-refractivity contribution in [3.63, 3.8) is 0 Å². The van der Waals surface area contributed by atoms with Gasteiger partial charge in [-0.15, -0.1) is 0 Å². The van der Waals surface area contributed by atoms with Crippen molar-refractivity contribution in [2.24, 2.45) is 0 Å². The average molecular weight is 311 g/mol. The van der Waals surface area contributed by atoms with E-state index in [-0.39, 0.29) is 16.7 Å². The molecule has 1 aliphatic rings. The Morgan fingerprint density at radius 2 is 2.09 bits per heavy atom. The van der Waals surface area contributed by atoms with Gasteiger partial charge in [-0.25, -0.2) is 4.98 Å². The molecule has 0 unspecified atom stereocenters. The van der Waals surface area contributed by atoms with Gasteiger partial charge >= 0.3 is 5.69 Å². The van der Waals surface area contributed by atoms with E-state index in [1.54, 1.807) is 18.3 Å². The Hall–Kier alpha value is -2.43. The van der Waals surface area contributed by atoms with Gasteiger partial charge in [-0.05, 0) is 30.9 Å². The van der Waals surface area contributed by atoms with Gasteiger partial charge in [0.25, 0.3) is 0 Å². The second-order valence-corrected chi connectivity index (χ2v) is 5.93. The molecule has 0 N–H and O–H groups in total. The molecule has 0 bridgehead atoms. The molecule has 3 rings (SSSR count). The van der Waals surface area contributed by atoms with Gasteiger partial charge in [0, 0.05) is 30.8 Å². The van der Waals surface area contributed by atoms with Crippen molar-refractivity contribution in [2.75, 3.05) is 11.4 Å². The summed E-state index contributed by atoms with van der Waals surface area (Å²) in [5, 5.41) is 11.3. The van der Waals surface area contributed by atoms with Crippen LogP contribution in [0.1, 0.15) is 37.7 Å². The van der Waals surface area contributed by atoms with Gasteiger partial charge < -0.3 is 4.90 Å². The summed E-state index contributed by atoms with van der Waals surface area (Å²) in [5.41, 5.74) is 1.40. The van der Waals surface area contributed by atoms with Crippen molar-refractivity contribution in [1.82, 2.24) is 4.98 Å². The molecule has 1 aromatic carbocycles. The molecular weight excluding hydrogens is 290 g/mol. The fourth-order valence-corrected chi connectivity index (χ4v) is 3.66. The first-order valence-electron chi connectivity index (χ1n) is 8.13. The standard InChI is InChI=1S/C18H21N3O2/c1-2-15(14-8-4-3-5-9-14)16-11-7-13-20(16)18-17(21(22)23)10-6-12-19-18/h3-6,8-10,12,15-16H,2,7,11,13H2,1H3/t15-,16-/m1/s1. The lowest BCUT2D eigenvalue weighted by molar-refractivity contribution is -0.384. The summed E-state index contributed by atoms with van der Waals surface area (Å²) in [7, 11) is 0. The lowest BCUT2D eigenvalue weighted by Gasteiger charge is -2.32. The van der Waals surface area contributed by atoms with Crippen molar-refractivity contribution in [3.8, 4) is 0 Å². The Labute approximate surface area is 136 Å². The molecular formula is C18H21N3O2. The Morgan fingerprint density at radius 1 is 1.30 bits per heavy atom. The minimum Gasteiger partial charge on any atom is -0.347 e. The predicted octanol–water partition coefficient (Wildman–Crippen LogP) is 4.15. The SMILES string of the molecule is CC[C@H](c1ccccc1)[C@H]1CCCN1c1ncccc1[N+](=O)[O-]. The topological polar surface area (TPSA) is 59.3 Å². The third-order valence-electron chi connectivity index (χ3n) is 4.67. The van der Waals surface area contributed by atoms with Gasteiger partial charge in [-0.1, -0.05) is 37.3 Å². The maximum Gasteiger partial charge on any atom is 0.311 e. The first-order chi connectivity index (χ1) is 11.2. The monoisotopic (exact) mass is 311 g/mol. The van der Waals surface area contributed by atoms with E-state index >= 15 is 0 Å². The summed E-state index contributed by atoms with van der Waals surface area (Å²) in [5.74, 6) is 0.870. The van der Waals surface area contributed by atoms with Crippen LogP contribution in [-0.4, -0.2) is 22.5 Å². The fourth-order valence-electron chi connectivity index (χ4n) is 3.66. The van der Waals surface area contributed by atoms with Crippen LogP contribution in [0, 0.1) is 10.1 Å². The van der Waals surface area contributed by atoms with E-state index in [9.17, 15) is 10.1 Å². The number of nitro groups is 1. The molecule has 120 valence electrons. The lowest BCUT2D eigenvalue weighted by atomic mass is 9.87. The number of hydrogen-bond donors (Lipinski definition) is 0. The van der Waals surface area contributed by atoms with E-state index in [4.69, 9.17) is 0 Å². The number of pyridine rings is 1. The van der Waals surface area contributed by atoms with E-state index in [1.165, 1.54) is 5.56 Å². The van der Waals surface area contributed by atoms with Crippen molar-refractivity contribution < 1.29 is 4.92 Å². The van der Waals surface area contributed by atoms with Gasteiger partial charge in [0.15, 0.2) is 0 Å². The van der Waals surface area contributed by atoms with Crippen molar-refractivity contribution in [2.45, 2.75) is 38.1 Å². The number of aromatic nitrogens is 1. The van der Waals surface area contributed by atoms with E-state index in [0.29, 0.717) is 11.7 Å². The number of nitrogens with zero attached hydrogens (tertiary/aromatic N) is 3. The highest BCUT2D eigenvalue weighted by atomic mass is 16.6. The quantitative estimate of drug-likeness (QED) is 0.614. The first kappa shape index (κ1) is 15.5. The molecule has 1 aliphatic heterocycles. The van der Waals surface area contributed by atoms with Crippen LogP contribution < -0.4 is 4.90 Å². The second kappa shape index (κ2) is 6.77. The second-order valence-electron chi connectivity index (χ2n) is 5.93. The molecule has 2 aromatic rings. The third-order valence-corrected chi connectivity index (χ3v) is 4.67. The van der Waals surface area contributed by atoms with E-state index < -0.39 is 0 Å². The molecule has 0 aliphatic carbocycles. The maximum absolute atomic E-state index is 11.3. The van der Waals surface area contributed by atoms with Crippen LogP contribution in [0.3, 0.4) is 0 Å². The van der Waals surface area contributed by atoms with Crippen LogP contribution in [0.4, 0.5) is 11.5 Å². The maximum atomic E-state index is 11.3. The predicted molar refractivity (Wildman–Crippen MR) is 90.7 cm³/mol. The van der Waals surface area contributed by atoms with Crippen LogP contribution in [0.5, 0.6) is 0 Å². The normalized spacial score (nSPS) is 18.8. The summed E-state index contributed by atoms with van der Waals surface area (Å²) in [4.78, 5) is 17.5. The summed E-state index contributed by atoms with van der Waals surface area (Å²) >= 11 is 0. The molecule has 5 nitrogen and oxygen atoms in total. The van der Waals surface area contributed by atoms with Gasteiger partial charge in [0.1, 0.15) is 0 Å². The van der Waals surface area contributed by atoms with Crippen LogP contribution >= 0.6 is 0 Å². The summed E-state index contributed by atoms with van der Waals surface area (Å²) in [6, 6.07) is 13.9. The van der Waals surface area contributed by atoms with E-state index in [0.717, 1.165) is 25.8 Å². The number of benzene rings is 1. The van der Waals surface area contributed by atoms with Crippen molar-refractivity contribution >= 4 is 11.5 Å². The molecule has 1 fully saturated rings.